The van der Waals surface area contributed by atoms with Crippen LogP contribution < -0.4 is 10.1 Å². The van der Waals surface area contributed by atoms with Crippen molar-refractivity contribution in [3.8, 4) is 17.1 Å². The highest BCUT2D eigenvalue weighted by atomic mass is 127. The van der Waals surface area contributed by atoms with Crippen LogP contribution in [0, 0.1) is 10.5 Å². The molecule has 6 heteroatoms. The first-order chi connectivity index (χ1) is 13.1. The molecule has 27 heavy (non-hydrogen) atoms. The van der Waals surface area contributed by atoms with Crippen molar-refractivity contribution in [3.05, 3.63) is 69.2 Å². The molecule has 0 bridgehead atoms. The second-order valence-corrected chi connectivity index (χ2v) is 7.39. The molecule has 1 amide bonds. The van der Waals surface area contributed by atoms with Gasteiger partial charge in [-0.2, -0.15) is 0 Å². The Bertz CT molecular complexity index is 937. The van der Waals surface area contributed by atoms with Gasteiger partial charge < -0.3 is 14.5 Å². The molecular formula is C21H21IN2O3. The number of amides is 1. The Balaban J connectivity index is 1.61. The van der Waals surface area contributed by atoms with Crippen LogP contribution in [0.2, 0.25) is 0 Å². The van der Waals surface area contributed by atoms with Crippen molar-refractivity contribution in [1.29, 1.82) is 0 Å². The summed E-state index contributed by atoms with van der Waals surface area (Å²) < 4.78 is 11.7. The van der Waals surface area contributed by atoms with Crippen molar-refractivity contribution in [1.82, 2.24) is 10.3 Å². The highest BCUT2D eigenvalue weighted by Crippen LogP contribution is 2.29. The first-order valence-corrected chi connectivity index (χ1v) is 9.77. The maximum atomic E-state index is 12.5. The molecule has 0 aliphatic heterocycles. The summed E-state index contributed by atoms with van der Waals surface area (Å²) in [5.41, 5.74) is 3.62. The minimum absolute atomic E-state index is 0.228. The van der Waals surface area contributed by atoms with Crippen molar-refractivity contribution in [2.45, 2.75) is 19.8 Å². The normalized spacial score (nSPS) is 10.6. The fourth-order valence-corrected chi connectivity index (χ4v) is 3.60. The fraction of sp³-hybridized carbons (Fsp3) is 0.238. The van der Waals surface area contributed by atoms with Gasteiger partial charge in [-0.3, -0.25) is 4.79 Å². The van der Waals surface area contributed by atoms with Crippen LogP contribution in [-0.4, -0.2) is 24.5 Å². The lowest BCUT2D eigenvalue weighted by Crippen LogP contribution is -2.25. The van der Waals surface area contributed by atoms with E-state index in [1.165, 1.54) is 17.5 Å². The zero-order valence-corrected chi connectivity index (χ0v) is 17.4. The Morgan fingerprint density at radius 3 is 2.85 bits per heavy atom. The summed E-state index contributed by atoms with van der Waals surface area (Å²) in [6.45, 7) is 2.66. The SMILES string of the molecule is COc1ccc(-c2ocnc2C(=O)NCCCc2cccc(C)c2)cc1I. The van der Waals surface area contributed by atoms with Crippen LogP contribution in [0.15, 0.2) is 53.3 Å². The molecular weight excluding hydrogens is 455 g/mol. The summed E-state index contributed by atoms with van der Waals surface area (Å²) in [5.74, 6) is 1.02. The Morgan fingerprint density at radius 1 is 1.26 bits per heavy atom. The number of hydrogen-bond donors (Lipinski definition) is 1. The van der Waals surface area contributed by atoms with E-state index in [-0.39, 0.29) is 5.91 Å². The minimum atomic E-state index is -0.228. The number of halogens is 1. The molecule has 0 aliphatic carbocycles. The number of ether oxygens (including phenoxy) is 1. The molecule has 140 valence electrons. The summed E-state index contributed by atoms with van der Waals surface area (Å²) >= 11 is 2.19. The number of nitrogens with one attached hydrogen (secondary N) is 1. The predicted octanol–water partition coefficient (Wildman–Crippen LogP) is 4.63. The number of methoxy groups -OCH3 is 1. The van der Waals surface area contributed by atoms with Gasteiger partial charge in [-0.1, -0.05) is 29.8 Å². The van der Waals surface area contributed by atoms with Crippen molar-refractivity contribution in [2.24, 2.45) is 0 Å². The fourth-order valence-electron chi connectivity index (χ4n) is 2.87. The summed E-state index contributed by atoms with van der Waals surface area (Å²) in [6, 6.07) is 14.0. The first kappa shape index (κ1) is 19.4. The third kappa shape index (κ3) is 4.88. The van der Waals surface area contributed by atoms with E-state index in [9.17, 15) is 4.79 Å². The van der Waals surface area contributed by atoms with Gasteiger partial charge in [-0.15, -0.1) is 0 Å². The Hall–Kier alpha value is -2.35. The highest BCUT2D eigenvalue weighted by molar-refractivity contribution is 14.1. The minimum Gasteiger partial charge on any atom is -0.496 e. The molecule has 3 aromatic rings. The molecule has 0 aliphatic rings. The van der Waals surface area contributed by atoms with Gasteiger partial charge in [0.1, 0.15) is 5.75 Å². The number of rotatable bonds is 7. The van der Waals surface area contributed by atoms with E-state index in [2.05, 4.69) is 64.1 Å². The van der Waals surface area contributed by atoms with Gasteiger partial charge in [0, 0.05) is 12.1 Å². The molecule has 0 atom stereocenters. The molecule has 3 rings (SSSR count). The van der Waals surface area contributed by atoms with Gasteiger partial charge in [0.15, 0.2) is 17.8 Å². The number of aryl methyl sites for hydroxylation is 2. The van der Waals surface area contributed by atoms with E-state index in [0.717, 1.165) is 27.7 Å². The maximum absolute atomic E-state index is 12.5. The quantitative estimate of drug-likeness (QED) is 0.399. The van der Waals surface area contributed by atoms with Gasteiger partial charge in [-0.25, -0.2) is 4.98 Å². The number of benzene rings is 2. The van der Waals surface area contributed by atoms with Crippen LogP contribution in [-0.2, 0) is 6.42 Å². The predicted molar refractivity (Wildman–Crippen MR) is 113 cm³/mol. The zero-order chi connectivity index (χ0) is 19.2. The zero-order valence-electron chi connectivity index (χ0n) is 15.3. The average Bonchev–Trinajstić information content (AvgIpc) is 3.15. The number of carbonyl (C=O) groups is 1. The molecule has 2 aromatic carbocycles. The number of hydrogen-bond acceptors (Lipinski definition) is 4. The Kier molecular flexibility index (Phi) is 6.49. The van der Waals surface area contributed by atoms with Crippen molar-refractivity contribution < 1.29 is 13.9 Å². The smallest absolute Gasteiger partial charge is 0.273 e. The van der Waals surface area contributed by atoms with E-state index < -0.39 is 0 Å². The summed E-state index contributed by atoms with van der Waals surface area (Å²) in [4.78, 5) is 16.6. The molecule has 0 fully saturated rings. The lowest BCUT2D eigenvalue weighted by molar-refractivity contribution is 0.0949. The van der Waals surface area contributed by atoms with E-state index in [1.807, 2.05) is 18.2 Å². The summed E-state index contributed by atoms with van der Waals surface area (Å²) in [5, 5.41) is 2.93. The molecule has 0 saturated heterocycles. The topological polar surface area (TPSA) is 64.4 Å². The molecule has 0 unspecified atom stereocenters. The molecule has 0 spiro atoms. The van der Waals surface area contributed by atoms with Crippen molar-refractivity contribution in [3.63, 3.8) is 0 Å². The van der Waals surface area contributed by atoms with Crippen LogP contribution in [0.3, 0.4) is 0 Å². The van der Waals surface area contributed by atoms with Gasteiger partial charge in [-0.05, 0) is 66.1 Å². The highest BCUT2D eigenvalue weighted by Gasteiger charge is 2.18. The molecule has 0 radical (unpaired) electrons. The van der Waals surface area contributed by atoms with Crippen LogP contribution in [0.25, 0.3) is 11.3 Å². The third-order valence-corrected chi connectivity index (χ3v) is 5.05. The molecule has 0 saturated carbocycles. The largest absolute Gasteiger partial charge is 0.496 e. The van der Waals surface area contributed by atoms with Crippen LogP contribution in [0.4, 0.5) is 0 Å². The van der Waals surface area contributed by atoms with Crippen molar-refractivity contribution >= 4 is 28.5 Å². The number of carbonyl (C=O) groups excluding carboxylic acids is 1. The number of nitrogens with zero attached hydrogens (tertiary/aromatic N) is 1. The molecule has 1 N–H and O–H groups in total. The standard InChI is InChI=1S/C21H21IN2O3/c1-14-5-3-6-15(11-14)7-4-10-23-21(25)19-20(27-13-24-19)16-8-9-18(26-2)17(22)12-16/h3,5-6,8-9,11-13H,4,7,10H2,1-2H3,(H,23,25). The van der Waals surface area contributed by atoms with Gasteiger partial charge in [0.2, 0.25) is 0 Å². The lowest BCUT2D eigenvalue weighted by atomic mass is 10.1. The first-order valence-electron chi connectivity index (χ1n) is 8.69. The summed E-state index contributed by atoms with van der Waals surface area (Å²) in [7, 11) is 1.63. The van der Waals surface area contributed by atoms with E-state index in [0.29, 0.717) is 18.0 Å². The maximum Gasteiger partial charge on any atom is 0.273 e. The van der Waals surface area contributed by atoms with Crippen LogP contribution in [0.1, 0.15) is 28.0 Å². The Morgan fingerprint density at radius 2 is 2.11 bits per heavy atom. The average molecular weight is 476 g/mol. The Labute approximate surface area is 172 Å². The number of aromatic nitrogens is 1. The van der Waals surface area contributed by atoms with E-state index in [1.54, 1.807) is 7.11 Å². The second-order valence-electron chi connectivity index (χ2n) is 6.23. The molecule has 1 heterocycles. The van der Waals surface area contributed by atoms with Gasteiger partial charge in [0.25, 0.3) is 5.91 Å². The molecule has 1 aromatic heterocycles. The lowest BCUT2D eigenvalue weighted by Gasteiger charge is -2.07. The summed E-state index contributed by atoms with van der Waals surface area (Å²) in [6.07, 6.45) is 3.08. The second kappa shape index (κ2) is 9.03. The third-order valence-electron chi connectivity index (χ3n) is 4.21. The van der Waals surface area contributed by atoms with Gasteiger partial charge in [0.05, 0.1) is 10.7 Å². The van der Waals surface area contributed by atoms with Gasteiger partial charge >= 0.3 is 0 Å². The monoisotopic (exact) mass is 476 g/mol. The van der Waals surface area contributed by atoms with E-state index in [4.69, 9.17) is 9.15 Å². The van der Waals surface area contributed by atoms with Crippen LogP contribution in [0.5, 0.6) is 5.75 Å². The number of oxazole rings is 1. The van der Waals surface area contributed by atoms with Crippen molar-refractivity contribution in [2.75, 3.05) is 13.7 Å². The van der Waals surface area contributed by atoms with E-state index >= 15 is 0 Å². The molecule has 5 nitrogen and oxygen atoms in total. The van der Waals surface area contributed by atoms with Crippen LogP contribution >= 0.6 is 22.6 Å².